The second-order valence-electron chi connectivity index (χ2n) is 2.99. The number of hydrogen-bond donors (Lipinski definition) is 0. The van der Waals surface area contributed by atoms with Gasteiger partial charge >= 0.3 is 0 Å². The maximum Gasteiger partial charge on any atom is 0.140 e. The van der Waals surface area contributed by atoms with E-state index < -0.39 is 0 Å². The van der Waals surface area contributed by atoms with Gasteiger partial charge in [-0.2, -0.15) is 0 Å². The van der Waals surface area contributed by atoms with E-state index >= 15 is 0 Å². The topological polar surface area (TPSA) is 22.1 Å². The molecule has 1 heterocycles. The van der Waals surface area contributed by atoms with Gasteiger partial charge in [-0.15, -0.1) is 22.9 Å². The molecule has 0 N–H and O–H groups in total. The minimum absolute atomic E-state index is 0.526. The summed E-state index contributed by atoms with van der Waals surface area (Å²) in [6.45, 7) is 0.526. The van der Waals surface area contributed by atoms with Crippen molar-refractivity contribution in [1.29, 1.82) is 0 Å². The van der Waals surface area contributed by atoms with E-state index in [9.17, 15) is 0 Å². The molecule has 0 unspecified atom stereocenters. The Morgan fingerprint density at radius 3 is 2.67 bits per heavy atom. The van der Waals surface area contributed by atoms with Crippen LogP contribution in [-0.2, 0) is 12.5 Å². The number of alkyl halides is 1. The van der Waals surface area contributed by atoms with Crippen LogP contribution < -0.4 is 4.74 Å². The van der Waals surface area contributed by atoms with Crippen molar-refractivity contribution in [2.75, 3.05) is 0 Å². The van der Waals surface area contributed by atoms with E-state index in [-0.39, 0.29) is 0 Å². The average molecular weight is 240 g/mol. The molecule has 0 aliphatic carbocycles. The fourth-order valence-corrected chi connectivity index (χ4v) is 1.85. The quantitative estimate of drug-likeness (QED) is 0.763. The van der Waals surface area contributed by atoms with Crippen LogP contribution in [0.25, 0.3) is 0 Å². The summed E-state index contributed by atoms with van der Waals surface area (Å²) in [6.07, 6.45) is 1.78. The van der Waals surface area contributed by atoms with Crippen LogP contribution in [0.15, 0.2) is 35.8 Å². The van der Waals surface area contributed by atoms with Crippen molar-refractivity contribution in [2.24, 2.45) is 0 Å². The zero-order valence-corrected chi connectivity index (χ0v) is 9.59. The average Bonchev–Trinajstić information content (AvgIpc) is 2.80. The largest absolute Gasteiger partial charge is 0.486 e. The molecule has 0 amide bonds. The molecule has 0 aliphatic rings. The van der Waals surface area contributed by atoms with Crippen LogP contribution in [0.4, 0.5) is 0 Å². The molecule has 1 aromatic heterocycles. The third kappa shape index (κ3) is 2.94. The lowest BCUT2D eigenvalue weighted by molar-refractivity contribution is 0.305. The molecule has 2 nitrogen and oxygen atoms in total. The molecule has 2 aromatic rings. The van der Waals surface area contributed by atoms with Crippen LogP contribution >= 0.6 is 22.9 Å². The van der Waals surface area contributed by atoms with Gasteiger partial charge in [0.1, 0.15) is 17.4 Å². The Hall–Kier alpha value is -1.06. The lowest BCUT2D eigenvalue weighted by Gasteiger charge is -2.04. The summed E-state index contributed by atoms with van der Waals surface area (Å²) in [5, 5.41) is 2.92. The molecule has 0 spiro atoms. The Balaban J connectivity index is 1.93. The number of aromatic nitrogens is 1. The fraction of sp³-hybridized carbons (Fsp3) is 0.182. The zero-order valence-electron chi connectivity index (χ0n) is 8.02. The molecule has 0 saturated carbocycles. The Labute approximate surface area is 97.5 Å². The van der Waals surface area contributed by atoms with Crippen molar-refractivity contribution in [2.45, 2.75) is 12.5 Å². The van der Waals surface area contributed by atoms with Gasteiger partial charge < -0.3 is 4.74 Å². The third-order valence-electron chi connectivity index (χ3n) is 1.92. The molecule has 0 atom stereocenters. The summed E-state index contributed by atoms with van der Waals surface area (Å²) in [6, 6.07) is 7.77. The molecule has 78 valence electrons. The number of nitrogens with zero attached hydrogens (tertiary/aromatic N) is 1. The molecule has 0 saturated heterocycles. The van der Waals surface area contributed by atoms with Gasteiger partial charge in [0.2, 0.25) is 0 Å². The standard InChI is InChI=1S/C11H10ClNOS/c12-7-9-1-3-10(4-2-9)14-8-11-13-5-6-15-11/h1-6H,7-8H2. The first kappa shape index (κ1) is 10.5. The van der Waals surface area contributed by atoms with Crippen LogP contribution in [0.1, 0.15) is 10.6 Å². The van der Waals surface area contributed by atoms with E-state index in [1.165, 1.54) is 0 Å². The van der Waals surface area contributed by atoms with Crippen molar-refractivity contribution in [3.63, 3.8) is 0 Å². The Morgan fingerprint density at radius 1 is 1.27 bits per heavy atom. The molecule has 0 aliphatic heterocycles. The number of rotatable bonds is 4. The first-order valence-corrected chi connectivity index (χ1v) is 5.96. The number of thiazole rings is 1. The summed E-state index contributed by atoms with van der Waals surface area (Å²) in [5.41, 5.74) is 1.10. The summed E-state index contributed by atoms with van der Waals surface area (Å²) in [4.78, 5) is 4.14. The summed E-state index contributed by atoms with van der Waals surface area (Å²) < 4.78 is 5.55. The molecule has 15 heavy (non-hydrogen) atoms. The van der Waals surface area contributed by atoms with Crippen molar-refractivity contribution in [1.82, 2.24) is 4.98 Å². The highest BCUT2D eigenvalue weighted by atomic mass is 35.5. The van der Waals surface area contributed by atoms with E-state index in [1.807, 2.05) is 29.6 Å². The number of hydrogen-bond acceptors (Lipinski definition) is 3. The van der Waals surface area contributed by atoms with Crippen molar-refractivity contribution in [3.8, 4) is 5.75 Å². The lowest BCUT2D eigenvalue weighted by atomic mass is 10.2. The smallest absolute Gasteiger partial charge is 0.140 e. The van der Waals surface area contributed by atoms with Crippen molar-refractivity contribution < 1.29 is 4.74 Å². The van der Waals surface area contributed by atoms with E-state index in [1.54, 1.807) is 17.5 Å². The Kier molecular flexibility index (Phi) is 3.59. The minimum Gasteiger partial charge on any atom is -0.486 e. The monoisotopic (exact) mass is 239 g/mol. The van der Waals surface area contributed by atoms with E-state index in [0.29, 0.717) is 12.5 Å². The second kappa shape index (κ2) is 5.14. The predicted molar refractivity (Wildman–Crippen MR) is 62.4 cm³/mol. The summed E-state index contributed by atoms with van der Waals surface area (Å²) >= 11 is 7.28. The SMILES string of the molecule is ClCc1ccc(OCc2nccs2)cc1. The van der Waals surface area contributed by atoms with Crippen LogP contribution in [0.2, 0.25) is 0 Å². The molecular formula is C11H10ClNOS. The molecule has 0 radical (unpaired) electrons. The van der Waals surface area contributed by atoms with Gasteiger partial charge in [-0.25, -0.2) is 4.98 Å². The minimum atomic E-state index is 0.526. The molecule has 0 fully saturated rings. The lowest BCUT2D eigenvalue weighted by Crippen LogP contribution is -1.94. The van der Waals surface area contributed by atoms with Gasteiger partial charge in [-0.05, 0) is 17.7 Å². The van der Waals surface area contributed by atoms with E-state index in [0.717, 1.165) is 16.3 Å². The van der Waals surface area contributed by atoms with Crippen LogP contribution in [0, 0.1) is 0 Å². The summed E-state index contributed by atoms with van der Waals surface area (Å²) in [5.74, 6) is 1.38. The van der Waals surface area contributed by atoms with Crippen LogP contribution in [-0.4, -0.2) is 4.98 Å². The molecule has 1 aromatic carbocycles. The Bertz CT molecular complexity index is 399. The third-order valence-corrected chi connectivity index (χ3v) is 2.99. The first-order chi connectivity index (χ1) is 7.38. The van der Waals surface area contributed by atoms with Gasteiger partial charge in [0.15, 0.2) is 0 Å². The number of ether oxygens (including phenoxy) is 1. The second-order valence-corrected chi connectivity index (χ2v) is 4.24. The maximum atomic E-state index is 5.69. The molecule has 4 heteroatoms. The highest BCUT2D eigenvalue weighted by Gasteiger charge is 1.97. The van der Waals surface area contributed by atoms with Gasteiger partial charge in [-0.3, -0.25) is 0 Å². The van der Waals surface area contributed by atoms with Crippen LogP contribution in [0.3, 0.4) is 0 Å². The first-order valence-electron chi connectivity index (χ1n) is 4.54. The zero-order chi connectivity index (χ0) is 10.5. The van der Waals surface area contributed by atoms with E-state index in [4.69, 9.17) is 16.3 Å². The molecule has 0 bridgehead atoms. The number of benzene rings is 1. The summed E-state index contributed by atoms with van der Waals surface area (Å²) in [7, 11) is 0. The predicted octanol–water partition coefficient (Wildman–Crippen LogP) is 3.46. The van der Waals surface area contributed by atoms with Gasteiger partial charge in [0, 0.05) is 17.5 Å². The Morgan fingerprint density at radius 2 is 2.07 bits per heavy atom. The highest BCUT2D eigenvalue weighted by molar-refractivity contribution is 7.09. The van der Waals surface area contributed by atoms with Gasteiger partial charge in [-0.1, -0.05) is 12.1 Å². The molecule has 2 rings (SSSR count). The number of halogens is 1. The maximum absolute atomic E-state index is 5.69. The van der Waals surface area contributed by atoms with Crippen LogP contribution in [0.5, 0.6) is 5.75 Å². The normalized spacial score (nSPS) is 10.2. The van der Waals surface area contributed by atoms with Gasteiger partial charge in [0.25, 0.3) is 0 Å². The van der Waals surface area contributed by atoms with E-state index in [2.05, 4.69) is 4.98 Å². The van der Waals surface area contributed by atoms with Crippen molar-refractivity contribution >= 4 is 22.9 Å². The fourth-order valence-electron chi connectivity index (χ4n) is 1.14. The molecular weight excluding hydrogens is 230 g/mol. The van der Waals surface area contributed by atoms with Gasteiger partial charge in [0.05, 0.1) is 0 Å². The van der Waals surface area contributed by atoms with Crippen molar-refractivity contribution in [3.05, 3.63) is 46.4 Å². The highest BCUT2D eigenvalue weighted by Crippen LogP contribution is 2.15.